The normalized spacial score (nSPS) is 18.2. The van der Waals surface area contributed by atoms with Gasteiger partial charge in [-0.1, -0.05) is 6.07 Å². The lowest BCUT2D eigenvalue weighted by atomic mass is 10.0. The number of nitrogens with zero attached hydrogens (tertiary/aromatic N) is 6. The standard InChI is InChI=1S/C19H28N6/c1-15-7-5-10-20-17(15)14-25-12-6-8-16(13-25)24(4)18-9-11-21-19(22-18)23(2)3/h5,7,9-11,16H,6,8,12-14H2,1-4H3. The van der Waals surface area contributed by atoms with Gasteiger partial charge in [-0.3, -0.25) is 9.88 Å². The Balaban J connectivity index is 1.68. The number of likely N-dealkylation sites (N-methyl/N-ethyl adjacent to an activating group) is 1. The second-order valence-electron chi connectivity index (χ2n) is 7.02. The molecule has 1 saturated heterocycles. The summed E-state index contributed by atoms with van der Waals surface area (Å²) in [7, 11) is 6.08. The fraction of sp³-hybridized carbons (Fsp3) is 0.526. The molecule has 1 aliphatic rings. The topological polar surface area (TPSA) is 48.4 Å². The van der Waals surface area contributed by atoms with Gasteiger partial charge >= 0.3 is 0 Å². The van der Waals surface area contributed by atoms with Gasteiger partial charge < -0.3 is 9.80 Å². The summed E-state index contributed by atoms with van der Waals surface area (Å²) in [6.07, 6.45) is 6.12. The SMILES string of the molecule is Cc1cccnc1CN1CCCC(N(C)c2ccnc(N(C)C)n2)C1. The molecule has 0 saturated carbocycles. The molecule has 3 heterocycles. The lowest BCUT2D eigenvalue weighted by molar-refractivity contribution is 0.196. The van der Waals surface area contributed by atoms with Crippen LogP contribution in [-0.2, 0) is 6.54 Å². The van der Waals surface area contributed by atoms with Crippen molar-refractivity contribution in [3.8, 4) is 0 Å². The van der Waals surface area contributed by atoms with Gasteiger partial charge in [0.15, 0.2) is 0 Å². The van der Waals surface area contributed by atoms with Crippen LogP contribution in [-0.4, -0.2) is 60.1 Å². The molecule has 25 heavy (non-hydrogen) atoms. The molecule has 0 aromatic carbocycles. The number of likely N-dealkylation sites (tertiary alicyclic amines) is 1. The number of piperidine rings is 1. The van der Waals surface area contributed by atoms with Gasteiger partial charge in [0.25, 0.3) is 0 Å². The fourth-order valence-electron chi connectivity index (χ4n) is 3.32. The minimum atomic E-state index is 0.461. The van der Waals surface area contributed by atoms with Crippen LogP contribution >= 0.6 is 0 Å². The van der Waals surface area contributed by atoms with Crippen molar-refractivity contribution in [3.63, 3.8) is 0 Å². The summed E-state index contributed by atoms with van der Waals surface area (Å²) in [5, 5.41) is 0. The maximum absolute atomic E-state index is 4.68. The molecule has 0 N–H and O–H groups in total. The van der Waals surface area contributed by atoms with E-state index < -0.39 is 0 Å². The van der Waals surface area contributed by atoms with Crippen LogP contribution in [0.25, 0.3) is 0 Å². The Morgan fingerprint density at radius 2 is 2.00 bits per heavy atom. The Bertz CT molecular complexity index is 702. The summed E-state index contributed by atoms with van der Waals surface area (Å²) >= 11 is 0. The van der Waals surface area contributed by atoms with Crippen LogP contribution < -0.4 is 9.80 Å². The van der Waals surface area contributed by atoms with Crippen LogP contribution in [0, 0.1) is 6.92 Å². The molecular weight excluding hydrogens is 312 g/mol. The molecule has 0 radical (unpaired) electrons. The highest BCUT2D eigenvalue weighted by Crippen LogP contribution is 2.22. The average Bonchev–Trinajstić information content (AvgIpc) is 2.63. The number of anilines is 2. The number of hydrogen-bond acceptors (Lipinski definition) is 6. The Morgan fingerprint density at radius 3 is 2.76 bits per heavy atom. The molecular formula is C19H28N6. The number of aromatic nitrogens is 3. The summed E-state index contributed by atoms with van der Waals surface area (Å²) in [4.78, 5) is 20.3. The van der Waals surface area contributed by atoms with Gasteiger partial charge in [-0.25, -0.2) is 4.98 Å². The van der Waals surface area contributed by atoms with E-state index in [4.69, 9.17) is 0 Å². The molecule has 1 fully saturated rings. The summed E-state index contributed by atoms with van der Waals surface area (Å²) in [6, 6.07) is 6.60. The van der Waals surface area contributed by atoms with Crippen LogP contribution in [0.15, 0.2) is 30.6 Å². The summed E-state index contributed by atoms with van der Waals surface area (Å²) in [5.74, 6) is 1.74. The Labute approximate surface area is 150 Å². The predicted molar refractivity (Wildman–Crippen MR) is 102 cm³/mol. The van der Waals surface area contributed by atoms with Crippen molar-refractivity contribution < 1.29 is 0 Å². The maximum Gasteiger partial charge on any atom is 0.226 e. The smallest absolute Gasteiger partial charge is 0.226 e. The third kappa shape index (κ3) is 4.25. The Hall–Kier alpha value is -2.21. The minimum Gasteiger partial charge on any atom is -0.355 e. The molecule has 0 spiro atoms. The molecule has 1 unspecified atom stereocenters. The molecule has 1 aliphatic heterocycles. The van der Waals surface area contributed by atoms with Crippen LogP contribution in [0.1, 0.15) is 24.1 Å². The fourth-order valence-corrected chi connectivity index (χ4v) is 3.32. The quantitative estimate of drug-likeness (QED) is 0.833. The molecule has 134 valence electrons. The van der Waals surface area contributed by atoms with E-state index in [1.54, 1.807) is 0 Å². The van der Waals surface area contributed by atoms with E-state index in [9.17, 15) is 0 Å². The first kappa shape index (κ1) is 17.6. The van der Waals surface area contributed by atoms with E-state index in [0.717, 1.165) is 31.4 Å². The second kappa shape index (κ2) is 7.78. The largest absolute Gasteiger partial charge is 0.355 e. The first-order valence-electron chi connectivity index (χ1n) is 8.90. The highest BCUT2D eigenvalue weighted by Gasteiger charge is 2.25. The van der Waals surface area contributed by atoms with Crippen molar-refractivity contribution in [2.24, 2.45) is 0 Å². The van der Waals surface area contributed by atoms with Gasteiger partial charge in [0.05, 0.1) is 5.69 Å². The van der Waals surface area contributed by atoms with Crippen molar-refractivity contribution in [1.82, 2.24) is 19.9 Å². The number of rotatable bonds is 5. The third-order valence-corrected chi connectivity index (χ3v) is 4.91. The van der Waals surface area contributed by atoms with Gasteiger partial charge in [-0.05, 0) is 44.0 Å². The van der Waals surface area contributed by atoms with Crippen molar-refractivity contribution in [1.29, 1.82) is 0 Å². The molecule has 0 bridgehead atoms. The highest BCUT2D eigenvalue weighted by molar-refractivity contribution is 5.43. The van der Waals surface area contributed by atoms with E-state index >= 15 is 0 Å². The Kier molecular flexibility index (Phi) is 5.48. The molecule has 0 amide bonds. The van der Waals surface area contributed by atoms with Crippen LogP contribution in [0.3, 0.4) is 0 Å². The molecule has 0 aliphatic carbocycles. The zero-order chi connectivity index (χ0) is 17.8. The summed E-state index contributed by atoms with van der Waals surface area (Å²) in [6.45, 7) is 5.23. The third-order valence-electron chi connectivity index (χ3n) is 4.91. The van der Waals surface area contributed by atoms with E-state index in [0.29, 0.717) is 6.04 Å². The van der Waals surface area contributed by atoms with Crippen molar-refractivity contribution in [3.05, 3.63) is 41.9 Å². The van der Waals surface area contributed by atoms with Gasteiger partial charge in [-0.2, -0.15) is 4.98 Å². The predicted octanol–water partition coefficient (Wildman–Crippen LogP) is 2.35. The Morgan fingerprint density at radius 1 is 1.16 bits per heavy atom. The van der Waals surface area contributed by atoms with Crippen molar-refractivity contribution in [2.75, 3.05) is 44.0 Å². The number of aryl methyl sites for hydroxylation is 1. The van der Waals surface area contributed by atoms with Gasteiger partial charge in [0, 0.05) is 52.7 Å². The van der Waals surface area contributed by atoms with E-state index in [1.165, 1.54) is 24.1 Å². The highest BCUT2D eigenvalue weighted by atomic mass is 15.3. The zero-order valence-electron chi connectivity index (χ0n) is 15.7. The van der Waals surface area contributed by atoms with Crippen LogP contribution in [0.2, 0.25) is 0 Å². The van der Waals surface area contributed by atoms with E-state index in [2.05, 4.69) is 44.8 Å². The summed E-state index contributed by atoms with van der Waals surface area (Å²) < 4.78 is 0. The van der Waals surface area contributed by atoms with Gasteiger partial charge in [0.2, 0.25) is 5.95 Å². The van der Waals surface area contributed by atoms with Gasteiger partial charge in [-0.15, -0.1) is 0 Å². The molecule has 6 heteroatoms. The monoisotopic (exact) mass is 340 g/mol. The van der Waals surface area contributed by atoms with E-state index in [-0.39, 0.29) is 0 Å². The zero-order valence-corrected chi connectivity index (χ0v) is 15.7. The summed E-state index contributed by atoms with van der Waals surface area (Å²) in [5.41, 5.74) is 2.45. The molecule has 1 atom stereocenters. The number of pyridine rings is 1. The molecule has 3 rings (SSSR count). The first-order chi connectivity index (χ1) is 12.0. The molecule has 6 nitrogen and oxygen atoms in total. The van der Waals surface area contributed by atoms with E-state index in [1.807, 2.05) is 43.5 Å². The molecule has 2 aromatic rings. The lowest BCUT2D eigenvalue weighted by Gasteiger charge is -2.38. The van der Waals surface area contributed by atoms with Gasteiger partial charge in [0.1, 0.15) is 5.82 Å². The maximum atomic E-state index is 4.68. The van der Waals surface area contributed by atoms with Crippen molar-refractivity contribution >= 4 is 11.8 Å². The van der Waals surface area contributed by atoms with Crippen LogP contribution in [0.4, 0.5) is 11.8 Å². The minimum absolute atomic E-state index is 0.461. The second-order valence-corrected chi connectivity index (χ2v) is 7.02. The van der Waals surface area contributed by atoms with Crippen LogP contribution in [0.5, 0.6) is 0 Å². The average molecular weight is 340 g/mol. The first-order valence-corrected chi connectivity index (χ1v) is 8.90. The van der Waals surface area contributed by atoms with Crippen molar-refractivity contribution in [2.45, 2.75) is 32.4 Å². The molecule has 2 aromatic heterocycles. The lowest BCUT2D eigenvalue weighted by Crippen LogP contribution is -2.46. The number of hydrogen-bond donors (Lipinski definition) is 0.